The van der Waals surface area contributed by atoms with E-state index in [0.717, 1.165) is 0 Å². The minimum atomic E-state index is -3.67. The molecule has 0 unspecified atom stereocenters. The fraction of sp³-hybridized carbons (Fsp3) is 0.692. The molecule has 0 saturated heterocycles. The van der Waals surface area contributed by atoms with Gasteiger partial charge in [0.05, 0.1) is 6.26 Å². The maximum absolute atomic E-state index is 9.19. The molecular weight excluding hydrogens is 250 g/mol. The summed E-state index contributed by atoms with van der Waals surface area (Å²) in [6, 6.07) is 4.19. The second-order valence-electron chi connectivity index (χ2n) is 4.42. The van der Waals surface area contributed by atoms with E-state index in [1.165, 1.54) is 45.1 Å². The largest absolute Gasteiger partial charge is 0.354 e. The molecule has 0 amide bonds. The molecule has 0 spiro atoms. The highest BCUT2D eigenvalue weighted by Crippen LogP contribution is 2.06. The average Bonchev–Trinajstić information content (AvgIpc) is 2.73. The minimum Gasteiger partial charge on any atom is -0.354 e. The molecule has 106 valence electrons. The molecule has 18 heavy (non-hydrogen) atoms. The van der Waals surface area contributed by atoms with E-state index in [9.17, 15) is 8.42 Å². The summed E-state index contributed by atoms with van der Waals surface area (Å²) in [6.07, 6.45) is 13.3. The third-order valence-corrected chi connectivity index (χ3v) is 2.44. The van der Waals surface area contributed by atoms with Crippen LogP contribution in [0.1, 0.15) is 45.4 Å². The molecule has 1 aromatic heterocycles. The Kier molecular flexibility index (Phi) is 9.69. The lowest BCUT2D eigenvalue weighted by molar-refractivity contribution is 0.490. The van der Waals surface area contributed by atoms with Crippen LogP contribution in [0.25, 0.3) is 0 Å². The predicted octanol–water partition coefficient (Wildman–Crippen LogP) is 3.35. The van der Waals surface area contributed by atoms with Gasteiger partial charge in [0.15, 0.2) is 0 Å². The number of hydrogen-bond donors (Lipinski definition) is 1. The van der Waals surface area contributed by atoms with Crippen LogP contribution in [-0.2, 0) is 16.7 Å². The van der Waals surface area contributed by atoms with Gasteiger partial charge in [-0.25, -0.2) is 0 Å². The van der Waals surface area contributed by atoms with Crippen molar-refractivity contribution in [1.82, 2.24) is 4.57 Å². The Bertz CT molecular complexity index is 363. The molecule has 4 nitrogen and oxygen atoms in total. The molecule has 1 heterocycles. The lowest BCUT2D eigenvalue weighted by Gasteiger charge is -2.02. The Morgan fingerprint density at radius 3 is 1.94 bits per heavy atom. The number of hydrogen-bond acceptors (Lipinski definition) is 2. The Morgan fingerprint density at radius 1 is 1.00 bits per heavy atom. The van der Waals surface area contributed by atoms with Gasteiger partial charge >= 0.3 is 0 Å². The Balaban J connectivity index is 0.000000494. The van der Waals surface area contributed by atoms with E-state index in [4.69, 9.17) is 4.55 Å². The SMILES string of the molecule is CCCCCCCCn1cccc1.CS(=O)(=O)O. The van der Waals surface area contributed by atoms with Crippen molar-refractivity contribution in [2.24, 2.45) is 0 Å². The first kappa shape index (κ1) is 17.2. The monoisotopic (exact) mass is 275 g/mol. The van der Waals surface area contributed by atoms with Crippen LogP contribution in [0.5, 0.6) is 0 Å². The van der Waals surface area contributed by atoms with Crippen molar-refractivity contribution in [3.05, 3.63) is 24.5 Å². The van der Waals surface area contributed by atoms with Crippen molar-refractivity contribution in [1.29, 1.82) is 0 Å². The van der Waals surface area contributed by atoms with E-state index in [1.54, 1.807) is 0 Å². The van der Waals surface area contributed by atoms with Gasteiger partial charge in [-0.2, -0.15) is 8.42 Å². The van der Waals surface area contributed by atoms with Crippen molar-refractivity contribution in [2.45, 2.75) is 52.0 Å². The fourth-order valence-electron chi connectivity index (χ4n) is 1.59. The average molecular weight is 275 g/mol. The smallest absolute Gasteiger partial charge is 0.261 e. The topological polar surface area (TPSA) is 59.3 Å². The summed E-state index contributed by atoms with van der Waals surface area (Å²) in [6.45, 7) is 3.46. The van der Waals surface area contributed by atoms with Crippen LogP contribution in [0.4, 0.5) is 0 Å². The first-order valence-electron chi connectivity index (χ1n) is 6.46. The quantitative estimate of drug-likeness (QED) is 0.613. The van der Waals surface area contributed by atoms with Crippen LogP contribution in [0.15, 0.2) is 24.5 Å². The number of aromatic nitrogens is 1. The first-order chi connectivity index (χ1) is 8.43. The van der Waals surface area contributed by atoms with E-state index in [-0.39, 0.29) is 0 Å². The zero-order valence-electron chi connectivity index (χ0n) is 11.4. The Labute approximate surface area is 111 Å². The fourth-order valence-corrected chi connectivity index (χ4v) is 1.59. The molecule has 0 aromatic carbocycles. The van der Waals surface area contributed by atoms with Crippen molar-refractivity contribution in [2.75, 3.05) is 6.26 Å². The van der Waals surface area contributed by atoms with Gasteiger partial charge < -0.3 is 4.57 Å². The third kappa shape index (κ3) is 15.2. The van der Waals surface area contributed by atoms with Gasteiger partial charge in [-0.05, 0) is 18.6 Å². The lowest BCUT2D eigenvalue weighted by Crippen LogP contribution is -1.93. The van der Waals surface area contributed by atoms with Crippen LogP contribution in [0.3, 0.4) is 0 Å². The second-order valence-corrected chi connectivity index (χ2v) is 5.89. The number of nitrogens with zero attached hydrogens (tertiary/aromatic N) is 1. The lowest BCUT2D eigenvalue weighted by atomic mass is 10.1. The van der Waals surface area contributed by atoms with Crippen LogP contribution >= 0.6 is 0 Å². The standard InChI is InChI=1S/C12H21N.CH4O3S/c1-2-3-4-5-6-7-10-13-11-8-9-12-13;1-5(2,3)4/h8-9,11-12H,2-7,10H2,1H3;1H3,(H,2,3,4). The molecule has 1 rings (SSSR count). The third-order valence-electron chi connectivity index (χ3n) is 2.44. The molecule has 0 aliphatic carbocycles. The summed E-state index contributed by atoms with van der Waals surface area (Å²) in [5.74, 6) is 0. The summed E-state index contributed by atoms with van der Waals surface area (Å²) in [4.78, 5) is 0. The van der Waals surface area contributed by atoms with Gasteiger partial charge in [-0.15, -0.1) is 0 Å². The highest BCUT2D eigenvalue weighted by molar-refractivity contribution is 7.85. The number of aryl methyl sites for hydroxylation is 1. The number of rotatable bonds is 7. The molecule has 1 N–H and O–H groups in total. The van der Waals surface area contributed by atoms with Crippen molar-refractivity contribution in [3.63, 3.8) is 0 Å². The van der Waals surface area contributed by atoms with Crippen LogP contribution in [0, 0.1) is 0 Å². The van der Waals surface area contributed by atoms with Crippen LogP contribution in [-0.4, -0.2) is 23.8 Å². The van der Waals surface area contributed by atoms with E-state index in [1.807, 2.05) is 0 Å². The summed E-state index contributed by atoms with van der Waals surface area (Å²) in [5, 5.41) is 0. The molecule has 1 aromatic rings. The molecule has 0 aliphatic heterocycles. The highest BCUT2D eigenvalue weighted by atomic mass is 32.2. The zero-order chi connectivity index (χ0) is 13.9. The van der Waals surface area contributed by atoms with Gasteiger partial charge in [0, 0.05) is 18.9 Å². The normalized spacial score (nSPS) is 10.8. The van der Waals surface area contributed by atoms with Crippen molar-refractivity contribution < 1.29 is 13.0 Å². The first-order valence-corrected chi connectivity index (χ1v) is 8.31. The minimum absolute atomic E-state index is 0.715. The maximum atomic E-state index is 9.19. The highest BCUT2D eigenvalue weighted by Gasteiger charge is 1.90. The van der Waals surface area contributed by atoms with Gasteiger partial charge in [0.2, 0.25) is 0 Å². The molecule has 0 bridgehead atoms. The molecule has 5 heteroatoms. The maximum Gasteiger partial charge on any atom is 0.261 e. The van der Waals surface area contributed by atoms with Crippen LogP contribution < -0.4 is 0 Å². The molecule has 0 atom stereocenters. The summed E-state index contributed by atoms with van der Waals surface area (Å²) >= 11 is 0. The second kappa shape index (κ2) is 10.1. The number of unbranched alkanes of at least 4 members (excludes halogenated alkanes) is 5. The zero-order valence-corrected chi connectivity index (χ0v) is 12.2. The van der Waals surface area contributed by atoms with Crippen molar-refractivity contribution >= 4 is 10.1 Å². The van der Waals surface area contributed by atoms with E-state index in [2.05, 4.69) is 36.0 Å². The van der Waals surface area contributed by atoms with Gasteiger partial charge in [-0.1, -0.05) is 39.0 Å². The molecule has 0 fully saturated rings. The molecular formula is C13H25NO3S. The van der Waals surface area contributed by atoms with E-state index in [0.29, 0.717) is 6.26 Å². The van der Waals surface area contributed by atoms with E-state index < -0.39 is 10.1 Å². The predicted molar refractivity (Wildman–Crippen MR) is 75.3 cm³/mol. The molecule has 0 radical (unpaired) electrons. The molecule has 0 aliphatic rings. The van der Waals surface area contributed by atoms with Gasteiger partial charge in [0.1, 0.15) is 0 Å². The summed E-state index contributed by atoms with van der Waals surface area (Å²) in [5.41, 5.74) is 0. The van der Waals surface area contributed by atoms with Gasteiger partial charge in [-0.3, -0.25) is 4.55 Å². The Morgan fingerprint density at radius 2 is 1.44 bits per heavy atom. The van der Waals surface area contributed by atoms with Crippen molar-refractivity contribution in [3.8, 4) is 0 Å². The van der Waals surface area contributed by atoms with E-state index >= 15 is 0 Å². The molecule has 0 saturated carbocycles. The summed E-state index contributed by atoms with van der Waals surface area (Å²) < 4.78 is 28.1. The van der Waals surface area contributed by atoms with Crippen LogP contribution in [0.2, 0.25) is 0 Å². The Hall–Kier alpha value is -0.810. The summed E-state index contributed by atoms with van der Waals surface area (Å²) in [7, 11) is -3.67. The van der Waals surface area contributed by atoms with Gasteiger partial charge in [0.25, 0.3) is 10.1 Å².